The molecule has 0 aromatic carbocycles. The Morgan fingerprint density at radius 3 is 2.25 bits per heavy atom. The normalized spacial score (nSPS) is 19.6. The maximum absolute atomic E-state index is 2.22. The second kappa shape index (κ2) is 2.37. The van der Waals surface area contributed by atoms with Crippen LogP contribution >= 0.6 is 0 Å². The molecule has 0 saturated heterocycles. The molecule has 0 radical (unpaired) electrons. The van der Waals surface area contributed by atoms with E-state index in [0.29, 0.717) is 0 Å². The molecule has 0 aromatic rings. The van der Waals surface area contributed by atoms with Gasteiger partial charge in [0.05, 0.1) is 0 Å². The Bertz CT molecular complexity index is 338. The van der Waals surface area contributed by atoms with Crippen molar-refractivity contribution < 1.29 is 0 Å². The fourth-order valence-electron chi connectivity index (χ4n) is 1.36. The van der Waals surface area contributed by atoms with Gasteiger partial charge >= 0.3 is 0 Å². The number of hydrogen-bond donors (Lipinski definition) is 0. The number of hydrogen-bond acceptors (Lipinski definition) is 1. The van der Waals surface area contributed by atoms with Gasteiger partial charge in [-0.25, -0.2) is 0 Å². The molecular formula is C11H13N. The standard InChI is InChI=1S/C11H13N/c1-8-4-9-6-10(9)7-11(5-8)12(2)3/h4-7H,1-3H3. The molecule has 0 fully saturated rings. The van der Waals surface area contributed by atoms with Crippen LogP contribution in [0.2, 0.25) is 0 Å². The summed E-state index contributed by atoms with van der Waals surface area (Å²) in [5.74, 6) is 0. The molecule has 0 N–H and O–H groups in total. The number of nitrogens with zero attached hydrogens (tertiary/aromatic N) is 1. The van der Waals surface area contributed by atoms with Gasteiger partial charge < -0.3 is 4.90 Å². The topological polar surface area (TPSA) is 3.24 Å². The van der Waals surface area contributed by atoms with Crippen LogP contribution in [0.1, 0.15) is 6.92 Å². The highest BCUT2D eigenvalue weighted by atomic mass is 15.1. The summed E-state index contributed by atoms with van der Waals surface area (Å²) in [4.78, 5) is 2.14. The summed E-state index contributed by atoms with van der Waals surface area (Å²) in [6.45, 7) is 2.14. The van der Waals surface area contributed by atoms with Crippen LogP contribution in [-0.4, -0.2) is 19.0 Å². The number of rotatable bonds is 1. The van der Waals surface area contributed by atoms with E-state index >= 15 is 0 Å². The van der Waals surface area contributed by atoms with Gasteiger partial charge in [0.1, 0.15) is 0 Å². The lowest BCUT2D eigenvalue weighted by molar-refractivity contribution is 0.529. The van der Waals surface area contributed by atoms with Gasteiger partial charge in [-0.05, 0) is 41.9 Å². The first kappa shape index (κ1) is 7.41. The average Bonchev–Trinajstić information content (AvgIpc) is 2.63. The lowest BCUT2D eigenvalue weighted by Gasteiger charge is -2.13. The Hall–Kier alpha value is -1.24. The smallest absolute Gasteiger partial charge is 0.0369 e. The maximum Gasteiger partial charge on any atom is 0.0369 e. The fourth-order valence-corrected chi connectivity index (χ4v) is 1.36. The molecule has 0 bridgehead atoms. The second-order valence-corrected chi connectivity index (χ2v) is 3.55. The molecule has 0 saturated carbocycles. The van der Waals surface area contributed by atoms with Crippen LogP contribution in [0.5, 0.6) is 0 Å². The highest BCUT2D eigenvalue weighted by molar-refractivity contribution is 5.67. The van der Waals surface area contributed by atoms with E-state index in [-0.39, 0.29) is 0 Å². The van der Waals surface area contributed by atoms with Gasteiger partial charge in [0.15, 0.2) is 0 Å². The minimum Gasteiger partial charge on any atom is -0.378 e. The molecule has 0 spiro atoms. The van der Waals surface area contributed by atoms with Crippen LogP contribution in [-0.2, 0) is 0 Å². The predicted molar refractivity (Wildman–Crippen MR) is 51.7 cm³/mol. The Labute approximate surface area is 73.4 Å². The van der Waals surface area contributed by atoms with Gasteiger partial charge in [-0.2, -0.15) is 0 Å². The van der Waals surface area contributed by atoms with Gasteiger partial charge in [0.25, 0.3) is 0 Å². The number of likely N-dealkylation sites (N-methyl/N-ethyl adjacent to an activating group) is 1. The summed E-state index contributed by atoms with van der Waals surface area (Å²) in [6, 6.07) is 0. The number of fused-ring (bicyclic) bond motifs is 1. The molecule has 62 valence electrons. The highest BCUT2D eigenvalue weighted by Gasteiger charge is 2.16. The molecular weight excluding hydrogens is 146 g/mol. The first-order valence-corrected chi connectivity index (χ1v) is 4.18. The van der Waals surface area contributed by atoms with Gasteiger partial charge in [0.2, 0.25) is 0 Å². The van der Waals surface area contributed by atoms with Gasteiger partial charge in [0, 0.05) is 19.8 Å². The van der Waals surface area contributed by atoms with Crippen LogP contribution in [0.3, 0.4) is 0 Å². The minimum atomic E-state index is 1.28. The maximum atomic E-state index is 2.22. The highest BCUT2D eigenvalue weighted by Crippen LogP contribution is 2.34. The first-order valence-electron chi connectivity index (χ1n) is 4.18. The van der Waals surface area contributed by atoms with Gasteiger partial charge in [-0.3, -0.25) is 0 Å². The summed E-state index contributed by atoms with van der Waals surface area (Å²) in [5.41, 5.74) is 5.38. The van der Waals surface area contributed by atoms with E-state index in [0.717, 1.165) is 0 Å². The molecule has 0 unspecified atom stereocenters. The lowest BCUT2D eigenvalue weighted by Crippen LogP contribution is -2.09. The van der Waals surface area contributed by atoms with Crippen LogP contribution in [0, 0.1) is 0 Å². The third kappa shape index (κ3) is 1.22. The van der Waals surface area contributed by atoms with Gasteiger partial charge in [-0.1, -0.05) is 6.08 Å². The van der Waals surface area contributed by atoms with E-state index < -0.39 is 0 Å². The van der Waals surface area contributed by atoms with Crippen molar-refractivity contribution in [2.45, 2.75) is 6.92 Å². The van der Waals surface area contributed by atoms with E-state index in [1.165, 1.54) is 22.4 Å². The molecule has 0 aliphatic heterocycles. The predicted octanol–water partition coefficient (Wildman–Crippen LogP) is 2.26. The lowest BCUT2D eigenvalue weighted by atomic mass is 10.2. The van der Waals surface area contributed by atoms with E-state index in [1.54, 1.807) is 0 Å². The second-order valence-electron chi connectivity index (χ2n) is 3.55. The molecule has 2 rings (SSSR count). The van der Waals surface area contributed by atoms with Crippen molar-refractivity contribution in [2.24, 2.45) is 0 Å². The zero-order valence-corrected chi connectivity index (χ0v) is 7.76. The Morgan fingerprint density at radius 1 is 0.917 bits per heavy atom. The summed E-state index contributed by atoms with van der Waals surface area (Å²) in [6.07, 6.45) is 8.87. The molecule has 0 amide bonds. The van der Waals surface area contributed by atoms with E-state index in [1.807, 2.05) is 0 Å². The molecule has 0 heterocycles. The van der Waals surface area contributed by atoms with Crippen LogP contribution < -0.4 is 0 Å². The molecule has 1 nitrogen and oxygen atoms in total. The summed E-state index contributed by atoms with van der Waals surface area (Å²) < 4.78 is 0. The summed E-state index contributed by atoms with van der Waals surface area (Å²) in [5, 5.41) is 0. The molecule has 2 aliphatic carbocycles. The van der Waals surface area contributed by atoms with E-state index in [2.05, 4.69) is 50.2 Å². The van der Waals surface area contributed by atoms with Crippen molar-refractivity contribution in [3.8, 4) is 0 Å². The fraction of sp³-hybridized carbons (Fsp3) is 0.273. The van der Waals surface area contributed by atoms with Crippen LogP contribution in [0.15, 0.2) is 46.7 Å². The van der Waals surface area contributed by atoms with E-state index in [4.69, 9.17) is 0 Å². The number of allylic oxidation sites excluding steroid dienone is 7. The zero-order chi connectivity index (χ0) is 8.72. The van der Waals surface area contributed by atoms with Gasteiger partial charge in [-0.15, -0.1) is 0 Å². The molecule has 12 heavy (non-hydrogen) atoms. The largest absolute Gasteiger partial charge is 0.378 e. The van der Waals surface area contributed by atoms with Crippen molar-refractivity contribution in [3.05, 3.63) is 46.7 Å². The van der Waals surface area contributed by atoms with Crippen molar-refractivity contribution in [1.82, 2.24) is 4.90 Å². The van der Waals surface area contributed by atoms with Crippen LogP contribution in [0.25, 0.3) is 0 Å². The summed E-state index contributed by atoms with van der Waals surface area (Å²) in [7, 11) is 4.15. The first-order chi connectivity index (χ1) is 5.66. The van der Waals surface area contributed by atoms with Crippen LogP contribution in [0.4, 0.5) is 0 Å². The minimum absolute atomic E-state index is 1.28. The molecule has 2 aliphatic rings. The Balaban J connectivity index is 2.36. The Kier molecular flexibility index (Phi) is 1.47. The zero-order valence-electron chi connectivity index (χ0n) is 7.76. The molecule has 0 aromatic heterocycles. The van der Waals surface area contributed by atoms with Crippen molar-refractivity contribution >= 4 is 0 Å². The van der Waals surface area contributed by atoms with Crippen molar-refractivity contribution in [3.63, 3.8) is 0 Å². The van der Waals surface area contributed by atoms with E-state index in [9.17, 15) is 0 Å². The van der Waals surface area contributed by atoms with Crippen molar-refractivity contribution in [1.29, 1.82) is 0 Å². The average molecular weight is 159 g/mol. The SMILES string of the molecule is CC1=CC2=CC2=CC(N(C)C)=C1. The summed E-state index contributed by atoms with van der Waals surface area (Å²) >= 11 is 0. The Morgan fingerprint density at radius 2 is 1.58 bits per heavy atom. The quantitative estimate of drug-likeness (QED) is 0.567. The third-order valence-corrected chi connectivity index (χ3v) is 2.14. The van der Waals surface area contributed by atoms with Crippen molar-refractivity contribution in [2.75, 3.05) is 14.1 Å². The molecule has 0 atom stereocenters. The third-order valence-electron chi connectivity index (χ3n) is 2.14. The monoisotopic (exact) mass is 159 g/mol. The molecule has 1 heteroatoms.